The predicted octanol–water partition coefficient (Wildman–Crippen LogP) is 0.786. The molecule has 1 saturated heterocycles. The number of pyridine rings is 1. The second-order valence-electron chi connectivity index (χ2n) is 4.76. The summed E-state index contributed by atoms with van der Waals surface area (Å²) in [4.78, 5) is 28.8. The van der Waals surface area contributed by atoms with E-state index in [1.165, 1.54) is 12.3 Å². The minimum atomic E-state index is -1.13. The van der Waals surface area contributed by atoms with Crippen LogP contribution < -0.4 is 11.1 Å². The van der Waals surface area contributed by atoms with Gasteiger partial charge < -0.3 is 21.1 Å². The summed E-state index contributed by atoms with van der Waals surface area (Å²) in [6.45, 7) is 1.57. The van der Waals surface area contributed by atoms with Gasteiger partial charge >= 0.3 is 5.97 Å². The molecule has 0 bridgehead atoms. The van der Waals surface area contributed by atoms with E-state index < -0.39 is 5.97 Å². The molecule has 1 aliphatic heterocycles. The largest absolute Gasteiger partial charge is 0.478 e. The normalized spacial score (nSPS) is 14.9. The average molecular weight is 278 g/mol. The summed E-state index contributed by atoms with van der Waals surface area (Å²) in [5.41, 5.74) is 5.75. The van der Waals surface area contributed by atoms with Crippen LogP contribution in [0.3, 0.4) is 0 Å². The molecule has 2 rings (SSSR count). The van der Waals surface area contributed by atoms with Gasteiger partial charge in [0.1, 0.15) is 11.4 Å². The Hall–Kier alpha value is -2.31. The standard InChI is InChI=1S/C13H18N4O3/c14-9-6-10(13(19)20)12(15-7-9)16-8-11(18)17-4-2-1-3-5-17/h6-7H,1-5,8,14H2,(H,15,16)(H,19,20). The van der Waals surface area contributed by atoms with Crippen LogP contribution in [0, 0.1) is 0 Å². The number of nitrogens with one attached hydrogen (secondary N) is 1. The lowest BCUT2D eigenvalue weighted by atomic mass is 10.1. The zero-order valence-corrected chi connectivity index (χ0v) is 11.1. The quantitative estimate of drug-likeness (QED) is 0.751. The molecule has 1 aromatic heterocycles. The molecule has 20 heavy (non-hydrogen) atoms. The highest BCUT2D eigenvalue weighted by atomic mass is 16.4. The van der Waals surface area contributed by atoms with Crippen molar-refractivity contribution in [1.29, 1.82) is 0 Å². The number of piperidine rings is 1. The van der Waals surface area contributed by atoms with Crippen LogP contribution >= 0.6 is 0 Å². The van der Waals surface area contributed by atoms with Crippen LogP contribution in [-0.4, -0.2) is 46.5 Å². The molecule has 0 aliphatic carbocycles. The number of hydrogen-bond donors (Lipinski definition) is 3. The zero-order chi connectivity index (χ0) is 14.5. The fourth-order valence-electron chi connectivity index (χ4n) is 2.20. The van der Waals surface area contributed by atoms with Crippen molar-refractivity contribution in [3.8, 4) is 0 Å². The van der Waals surface area contributed by atoms with Crippen molar-refractivity contribution in [2.24, 2.45) is 0 Å². The van der Waals surface area contributed by atoms with Gasteiger partial charge in [-0.15, -0.1) is 0 Å². The number of carbonyl (C=O) groups is 2. The number of carboxylic acid groups (broad SMARTS) is 1. The summed E-state index contributed by atoms with van der Waals surface area (Å²) in [7, 11) is 0. The molecule has 7 heteroatoms. The third-order valence-corrected chi connectivity index (χ3v) is 3.26. The number of likely N-dealkylation sites (tertiary alicyclic amines) is 1. The van der Waals surface area contributed by atoms with Gasteiger partial charge in [-0.05, 0) is 25.3 Å². The predicted molar refractivity (Wildman–Crippen MR) is 74.5 cm³/mol. The molecule has 0 radical (unpaired) electrons. The second-order valence-corrected chi connectivity index (χ2v) is 4.76. The van der Waals surface area contributed by atoms with E-state index >= 15 is 0 Å². The summed E-state index contributed by atoms with van der Waals surface area (Å²) in [5.74, 6) is -1.01. The lowest BCUT2D eigenvalue weighted by molar-refractivity contribution is -0.130. The Kier molecular flexibility index (Phi) is 4.39. The van der Waals surface area contributed by atoms with Crippen LogP contribution in [0.25, 0.3) is 0 Å². The van der Waals surface area contributed by atoms with Crippen molar-refractivity contribution < 1.29 is 14.7 Å². The number of aromatic nitrogens is 1. The highest BCUT2D eigenvalue weighted by molar-refractivity contribution is 5.94. The minimum absolute atomic E-state index is 0.0311. The molecule has 0 saturated carbocycles. The van der Waals surface area contributed by atoms with Gasteiger partial charge in [0.2, 0.25) is 5.91 Å². The highest BCUT2D eigenvalue weighted by Gasteiger charge is 2.18. The van der Waals surface area contributed by atoms with E-state index in [0.29, 0.717) is 0 Å². The molecule has 1 aromatic rings. The van der Waals surface area contributed by atoms with E-state index in [4.69, 9.17) is 10.8 Å². The first-order valence-corrected chi connectivity index (χ1v) is 6.58. The van der Waals surface area contributed by atoms with Crippen LogP contribution in [0.1, 0.15) is 29.6 Å². The monoisotopic (exact) mass is 278 g/mol. The van der Waals surface area contributed by atoms with Crippen molar-refractivity contribution in [3.05, 3.63) is 17.8 Å². The fourth-order valence-corrected chi connectivity index (χ4v) is 2.20. The second kappa shape index (κ2) is 6.23. The van der Waals surface area contributed by atoms with Crippen LogP contribution in [0.5, 0.6) is 0 Å². The smallest absolute Gasteiger partial charge is 0.339 e. The Morgan fingerprint density at radius 3 is 2.70 bits per heavy atom. The summed E-state index contributed by atoms with van der Waals surface area (Å²) in [5, 5.41) is 11.9. The molecule has 1 amide bonds. The maximum atomic E-state index is 12.0. The Balaban J connectivity index is 1.99. The van der Waals surface area contributed by atoms with Crippen LogP contribution in [-0.2, 0) is 4.79 Å². The van der Waals surface area contributed by atoms with Gasteiger partial charge in [0.05, 0.1) is 18.4 Å². The van der Waals surface area contributed by atoms with Gasteiger partial charge in [0.25, 0.3) is 0 Å². The van der Waals surface area contributed by atoms with Gasteiger partial charge in [-0.1, -0.05) is 0 Å². The highest BCUT2D eigenvalue weighted by Crippen LogP contribution is 2.15. The Bertz CT molecular complexity index is 512. The zero-order valence-electron chi connectivity index (χ0n) is 11.1. The Labute approximate surface area is 116 Å². The fraction of sp³-hybridized carbons (Fsp3) is 0.462. The van der Waals surface area contributed by atoms with E-state index in [2.05, 4.69) is 10.3 Å². The first-order chi connectivity index (χ1) is 9.58. The van der Waals surface area contributed by atoms with Crippen molar-refractivity contribution in [3.63, 3.8) is 0 Å². The summed E-state index contributed by atoms with van der Waals surface area (Å²) in [6, 6.07) is 1.32. The lowest BCUT2D eigenvalue weighted by Gasteiger charge is -2.26. The SMILES string of the molecule is Nc1cnc(NCC(=O)N2CCCCC2)c(C(=O)O)c1. The maximum Gasteiger partial charge on any atom is 0.339 e. The number of carboxylic acids is 1. The van der Waals surface area contributed by atoms with Crippen molar-refractivity contribution >= 4 is 23.4 Å². The molecule has 1 fully saturated rings. The van der Waals surface area contributed by atoms with Gasteiger partial charge in [0, 0.05) is 13.1 Å². The Morgan fingerprint density at radius 2 is 2.05 bits per heavy atom. The number of nitrogens with zero attached hydrogens (tertiary/aromatic N) is 2. The molecule has 0 aromatic carbocycles. The summed E-state index contributed by atoms with van der Waals surface area (Å²) >= 11 is 0. The number of carbonyl (C=O) groups excluding carboxylic acids is 1. The first kappa shape index (κ1) is 14.1. The van der Waals surface area contributed by atoms with Gasteiger partial charge in [-0.25, -0.2) is 9.78 Å². The molecule has 0 unspecified atom stereocenters. The van der Waals surface area contributed by atoms with E-state index in [0.717, 1.165) is 32.4 Å². The van der Waals surface area contributed by atoms with Gasteiger partial charge in [-0.3, -0.25) is 4.79 Å². The van der Waals surface area contributed by atoms with Crippen molar-refractivity contribution in [2.75, 3.05) is 30.7 Å². The molecule has 108 valence electrons. The molecule has 1 aliphatic rings. The lowest BCUT2D eigenvalue weighted by Crippen LogP contribution is -2.39. The number of anilines is 2. The third kappa shape index (κ3) is 3.37. The van der Waals surface area contributed by atoms with E-state index in [1.54, 1.807) is 4.90 Å². The molecule has 0 atom stereocenters. The third-order valence-electron chi connectivity index (χ3n) is 3.26. The number of amides is 1. The first-order valence-electron chi connectivity index (χ1n) is 6.58. The van der Waals surface area contributed by atoms with Gasteiger partial charge in [-0.2, -0.15) is 0 Å². The number of nitrogen functional groups attached to an aromatic ring is 1. The molecule has 0 spiro atoms. The topological polar surface area (TPSA) is 109 Å². The number of aromatic carboxylic acids is 1. The minimum Gasteiger partial charge on any atom is -0.478 e. The van der Waals surface area contributed by atoms with E-state index in [9.17, 15) is 9.59 Å². The van der Waals surface area contributed by atoms with Crippen LogP contribution in [0.4, 0.5) is 11.5 Å². The number of rotatable bonds is 4. The molecular weight excluding hydrogens is 260 g/mol. The van der Waals surface area contributed by atoms with Crippen LogP contribution in [0.15, 0.2) is 12.3 Å². The summed E-state index contributed by atoms with van der Waals surface area (Å²) in [6.07, 6.45) is 4.55. The van der Waals surface area contributed by atoms with E-state index in [1.807, 2.05) is 0 Å². The molecule has 7 nitrogen and oxygen atoms in total. The van der Waals surface area contributed by atoms with Crippen LogP contribution in [0.2, 0.25) is 0 Å². The van der Waals surface area contributed by atoms with Crippen molar-refractivity contribution in [2.45, 2.75) is 19.3 Å². The summed E-state index contributed by atoms with van der Waals surface area (Å²) < 4.78 is 0. The Morgan fingerprint density at radius 1 is 1.35 bits per heavy atom. The molecule has 2 heterocycles. The maximum absolute atomic E-state index is 12.0. The number of hydrogen-bond acceptors (Lipinski definition) is 5. The molecule has 4 N–H and O–H groups in total. The average Bonchev–Trinajstić information content (AvgIpc) is 2.46. The molecular formula is C13H18N4O3. The van der Waals surface area contributed by atoms with Gasteiger partial charge in [0.15, 0.2) is 0 Å². The number of nitrogens with two attached hydrogens (primary N) is 1. The van der Waals surface area contributed by atoms with Crippen molar-refractivity contribution in [1.82, 2.24) is 9.88 Å². The van der Waals surface area contributed by atoms with E-state index in [-0.39, 0.29) is 29.5 Å².